The summed E-state index contributed by atoms with van der Waals surface area (Å²) < 4.78 is 6.03. The molecule has 112 valence electrons. The standard InChI is InChI=1S/C16H32N2O/c1-4-15(3)12-16(13-17,8-11-19-15)18-9-5-6-14(2)7-10-18/h14H,4-13,17H2,1-3H3. The summed E-state index contributed by atoms with van der Waals surface area (Å²) in [6, 6.07) is 0. The second-order valence-corrected chi connectivity index (χ2v) is 7.03. The van der Waals surface area contributed by atoms with Crippen LogP contribution in [0.3, 0.4) is 0 Å². The van der Waals surface area contributed by atoms with Gasteiger partial charge in [-0.15, -0.1) is 0 Å². The van der Waals surface area contributed by atoms with Crippen molar-refractivity contribution in [3.05, 3.63) is 0 Å². The van der Waals surface area contributed by atoms with Crippen LogP contribution in [0.25, 0.3) is 0 Å². The molecule has 2 heterocycles. The zero-order valence-electron chi connectivity index (χ0n) is 13.1. The quantitative estimate of drug-likeness (QED) is 0.855. The lowest BCUT2D eigenvalue weighted by Gasteiger charge is -2.51. The number of nitrogens with two attached hydrogens (primary N) is 1. The van der Waals surface area contributed by atoms with Crippen LogP contribution in [0.15, 0.2) is 0 Å². The molecule has 0 bridgehead atoms. The largest absolute Gasteiger partial charge is 0.375 e. The molecule has 2 fully saturated rings. The normalized spacial score (nSPS) is 42.0. The van der Waals surface area contributed by atoms with Crippen LogP contribution in [0.5, 0.6) is 0 Å². The zero-order chi connectivity index (χ0) is 13.9. The van der Waals surface area contributed by atoms with Gasteiger partial charge in [0.15, 0.2) is 0 Å². The minimum atomic E-state index is 0.0234. The SMILES string of the molecule is CCC1(C)CC(CN)(N2CCCC(C)CC2)CCO1. The average molecular weight is 268 g/mol. The maximum absolute atomic E-state index is 6.23. The molecule has 2 N–H and O–H groups in total. The molecule has 0 amide bonds. The molecule has 3 nitrogen and oxygen atoms in total. The summed E-state index contributed by atoms with van der Waals surface area (Å²) in [4.78, 5) is 2.70. The van der Waals surface area contributed by atoms with Crippen LogP contribution in [0, 0.1) is 5.92 Å². The van der Waals surface area contributed by atoms with E-state index in [1.54, 1.807) is 0 Å². The molecule has 19 heavy (non-hydrogen) atoms. The van der Waals surface area contributed by atoms with E-state index in [0.717, 1.165) is 38.3 Å². The molecule has 2 rings (SSSR count). The highest BCUT2D eigenvalue weighted by Crippen LogP contribution is 2.39. The molecule has 2 saturated heterocycles. The van der Waals surface area contributed by atoms with E-state index in [9.17, 15) is 0 Å². The monoisotopic (exact) mass is 268 g/mol. The maximum Gasteiger partial charge on any atom is 0.0670 e. The molecule has 0 aliphatic carbocycles. The third kappa shape index (κ3) is 3.32. The lowest BCUT2D eigenvalue weighted by atomic mass is 9.77. The van der Waals surface area contributed by atoms with Gasteiger partial charge in [-0.25, -0.2) is 0 Å². The molecular formula is C16H32N2O. The maximum atomic E-state index is 6.23. The van der Waals surface area contributed by atoms with Crippen molar-refractivity contribution in [2.24, 2.45) is 11.7 Å². The second-order valence-electron chi connectivity index (χ2n) is 7.03. The highest BCUT2D eigenvalue weighted by Gasteiger charge is 2.45. The third-order valence-electron chi connectivity index (χ3n) is 5.54. The fourth-order valence-electron chi connectivity index (χ4n) is 3.86. The third-order valence-corrected chi connectivity index (χ3v) is 5.54. The van der Waals surface area contributed by atoms with Crippen molar-refractivity contribution in [1.29, 1.82) is 0 Å². The van der Waals surface area contributed by atoms with Gasteiger partial charge < -0.3 is 10.5 Å². The molecule has 3 atom stereocenters. The van der Waals surface area contributed by atoms with Crippen LogP contribution in [0.4, 0.5) is 0 Å². The van der Waals surface area contributed by atoms with E-state index in [0.29, 0.717) is 0 Å². The van der Waals surface area contributed by atoms with Gasteiger partial charge >= 0.3 is 0 Å². The summed E-state index contributed by atoms with van der Waals surface area (Å²) in [5.74, 6) is 0.872. The lowest BCUT2D eigenvalue weighted by molar-refractivity contribution is -0.128. The van der Waals surface area contributed by atoms with E-state index in [1.807, 2.05) is 0 Å². The molecule has 3 heteroatoms. The van der Waals surface area contributed by atoms with Crippen LogP contribution >= 0.6 is 0 Å². The summed E-state index contributed by atoms with van der Waals surface area (Å²) in [6.07, 6.45) is 7.31. The van der Waals surface area contributed by atoms with Crippen molar-refractivity contribution in [1.82, 2.24) is 4.90 Å². The summed E-state index contributed by atoms with van der Waals surface area (Å²) in [6.45, 7) is 11.0. The highest BCUT2D eigenvalue weighted by atomic mass is 16.5. The number of ether oxygens (including phenoxy) is 1. The van der Waals surface area contributed by atoms with Crippen molar-refractivity contribution in [3.63, 3.8) is 0 Å². The van der Waals surface area contributed by atoms with Gasteiger partial charge in [-0.1, -0.05) is 13.8 Å². The first-order valence-corrected chi connectivity index (χ1v) is 8.13. The van der Waals surface area contributed by atoms with Gasteiger partial charge in [0.05, 0.1) is 5.60 Å². The summed E-state index contributed by atoms with van der Waals surface area (Å²) in [5.41, 5.74) is 6.44. The van der Waals surface area contributed by atoms with E-state index in [-0.39, 0.29) is 11.1 Å². The van der Waals surface area contributed by atoms with Crippen molar-refractivity contribution >= 4 is 0 Å². The topological polar surface area (TPSA) is 38.5 Å². The van der Waals surface area contributed by atoms with Crippen LogP contribution in [-0.2, 0) is 4.74 Å². The van der Waals surface area contributed by atoms with E-state index in [2.05, 4.69) is 25.7 Å². The van der Waals surface area contributed by atoms with E-state index in [4.69, 9.17) is 10.5 Å². The molecule has 0 aromatic rings. The number of rotatable bonds is 3. The van der Waals surface area contributed by atoms with Gasteiger partial charge in [-0.2, -0.15) is 0 Å². The number of likely N-dealkylation sites (tertiary alicyclic amines) is 1. The molecule has 0 saturated carbocycles. The fourth-order valence-corrected chi connectivity index (χ4v) is 3.86. The zero-order valence-corrected chi connectivity index (χ0v) is 13.1. The van der Waals surface area contributed by atoms with Crippen molar-refractivity contribution in [3.8, 4) is 0 Å². The highest BCUT2D eigenvalue weighted by molar-refractivity contribution is 5.01. The first kappa shape index (κ1) is 15.3. The Labute approximate surface area is 118 Å². The van der Waals surface area contributed by atoms with E-state index < -0.39 is 0 Å². The molecule has 3 unspecified atom stereocenters. The Morgan fingerprint density at radius 3 is 2.79 bits per heavy atom. The Bertz CT molecular complexity index is 296. The Balaban J connectivity index is 2.12. The van der Waals surface area contributed by atoms with Gasteiger partial charge in [0.2, 0.25) is 0 Å². The van der Waals surface area contributed by atoms with Crippen molar-refractivity contribution < 1.29 is 4.74 Å². The van der Waals surface area contributed by atoms with Gasteiger partial charge in [0.1, 0.15) is 0 Å². The van der Waals surface area contributed by atoms with Crippen LogP contribution in [0.2, 0.25) is 0 Å². The fraction of sp³-hybridized carbons (Fsp3) is 1.00. The van der Waals surface area contributed by atoms with Gasteiger partial charge in [-0.05, 0) is 64.5 Å². The Morgan fingerprint density at radius 2 is 2.11 bits per heavy atom. The molecule has 0 radical (unpaired) electrons. The van der Waals surface area contributed by atoms with Crippen LogP contribution < -0.4 is 5.73 Å². The molecular weight excluding hydrogens is 236 g/mol. The number of nitrogens with zero attached hydrogens (tertiary/aromatic N) is 1. The number of hydrogen-bond acceptors (Lipinski definition) is 3. The predicted molar refractivity (Wildman–Crippen MR) is 80.3 cm³/mol. The summed E-state index contributed by atoms with van der Waals surface area (Å²) >= 11 is 0. The van der Waals surface area contributed by atoms with Crippen LogP contribution in [0.1, 0.15) is 59.3 Å². The minimum Gasteiger partial charge on any atom is -0.375 e. The summed E-state index contributed by atoms with van der Waals surface area (Å²) in [5, 5.41) is 0. The molecule has 0 aromatic carbocycles. The van der Waals surface area contributed by atoms with Gasteiger partial charge in [0.25, 0.3) is 0 Å². The smallest absolute Gasteiger partial charge is 0.0670 e. The predicted octanol–water partition coefficient (Wildman–Crippen LogP) is 2.79. The molecule has 0 aromatic heterocycles. The Morgan fingerprint density at radius 1 is 1.32 bits per heavy atom. The minimum absolute atomic E-state index is 0.0234. The first-order chi connectivity index (χ1) is 9.03. The number of hydrogen-bond donors (Lipinski definition) is 1. The molecule has 0 spiro atoms. The molecule has 2 aliphatic rings. The first-order valence-electron chi connectivity index (χ1n) is 8.13. The van der Waals surface area contributed by atoms with Crippen molar-refractivity contribution in [2.75, 3.05) is 26.2 Å². The Kier molecular flexibility index (Phi) is 4.91. The molecule has 2 aliphatic heterocycles. The summed E-state index contributed by atoms with van der Waals surface area (Å²) in [7, 11) is 0. The van der Waals surface area contributed by atoms with Crippen LogP contribution in [-0.4, -0.2) is 42.3 Å². The lowest BCUT2D eigenvalue weighted by Crippen LogP contribution is -2.61. The van der Waals surface area contributed by atoms with Crippen molar-refractivity contribution in [2.45, 2.75) is 70.4 Å². The van der Waals surface area contributed by atoms with Gasteiger partial charge in [0, 0.05) is 18.7 Å². The van der Waals surface area contributed by atoms with E-state index >= 15 is 0 Å². The average Bonchev–Trinajstić information content (AvgIpc) is 2.64. The van der Waals surface area contributed by atoms with E-state index in [1.165, 1.54) is 32.4 Å². The van der Waals surface area contributed by atoms with Gasteiger partial charge in [-0.3, -0.25) is 4.90 Å². The second kappa shape index (κ2) is 6.11. The Hall–Kier alpha value is -0.120.